The number of rotatable bonds is 3. The molecule has 0 aliphatic rings. The maximum absolute atomic E-state index is 14.0. The quantitative estimate of drug-likeness (QED) is 0.740. The minimum atomic E-state index is -5.90. The smallest absolute Gasteiger partial charge is 0.374 e. The monoisotopic (exact) mass is 386 g/mol. The van der Waals surface area contributed by atoms with Gasteiger partial charge in [0.1, 0.15) is 0 Å². The SMILES string of the molecule is OC(c1ccsc1)(c1ccccc1Br)C(F)(F)C(F)(F)F. The first kappa shape index (κ1) is 16.4. The van der Waals surface area contributed by atoms with Crippen molar-refractivity contribution in [1.82, 2.24) is 0 Å². The molecule has 0 spiro atoms. The van der Waals surface area contributed by atoms with Crippen LogP contribution < -0.4 is 0 Å². The van der Waals surface area contributed by atoms with Crippen LogP contribution >= 0.6 is 27.3 Å². The van der Waals surface area contributed by atoms with E-state index in [1.165, 1.54) is 23.6 Å². The molecule has 0 saturated heterocycles. The lowest BCUT2D eigenvalue weighted by Crippen LogP contribution is -2.55. The molecule has 0 aliphatic carbocycles. The van der Waals surface area contributed by atoms with E-state index in [-0.39, 0.29) is 4.47 Å². The van der Waals surface area contributed by atoms with Gasteiger partial charge >= 0.3 is 12.1 Å². The normalized spacial score (nSPS) is 15.8. The van der Waals surface area contributed by atoms with Crippen molar-refractivity contribution in [2.75, 3.05) is 0 Å². The van der Waals surface area contributed by atoms with E-state index in [1.807, 2.05) is 0 Å². The first-order valence-corrected chi connectivity index (χ1v) is 7.30. The summed E-state index contributed by atoms with van der Waals surface area (Å²) in [5, 5.41) is 12.8. The maximum Gasteiger partial charge on any atom is 0.457 e. The largest absolute Gasteiger partial charge is 0.457 e. The Balaban J connectivity index is 2.77. The second-order valence-electron chi connectivity index (χ2n) is 4.27. The van der Waals surface area contributed by atoms with E-state index in [2.05, 4.69) is 15.9 Å². The number of hydrogen-bond acceptors (Lipinski definition) is 2. The molecule has 1 unspecified atom stereocenters. The van der Waals surface area contributed by atoms with Crippen molar-refractivity contribution < 1.29 is 27.1 Å². The summed E-state index contributed by atoms with van der Waals surface area (Å²) >= 11 is 3.84. The van der Waals surface area contributed by atoms with E-state index < -0.39 is 28.8 Å². The van der Waals surface area contributed by atoms with E-state index in [4.69, 9.17) is 0 Å². The van der Waals surface area contributed by atoms with Crippen molar-refractivity contribution >= 4 is 27.3 Å². The molecule has 1 aromatic carbocycles. The van der Waals surface area contributed by atoms with Crippen LogP contribution in [0, 0.1) is 0 Å². The lowest BCUT2D eigenvalue weighted by Gasteiger charge is -2.37. The Labute approximate surface area is 129 Å². The molecule has 2 aromatic rings. The molecule has 0 aliphatic heterocycles. The Kier molecular flexibility index (Phi) is 4.16. The fourth-order valence-electron chi connectivity index (χ4n) is 1.94. The molecular formula is C13H8BrF5OS. The number of halogens is 6. The van der Waals surface area contributed by atoms with Crippen LogP contribution in [0.4, 0.5) is 22.0 Å². The summed E-state index contributed by atoms with van der Waals surface area (Å²) in [5.74, 6) is -5.36. The molecule has 8 heteroatoms. The highest BCUT2D eigenvalue weighted by molar-refractivity contribution is 9.10. The molecule has 0 amide bonds. The Hall–Kier alpha value is -0.990. The Bertz CT molecular complexity index is 626. The summed E-state index contributed by atoms with van der Waals surface area (Å²) in [5.41, 5.74) is -4.57. The predicted octanol–water partition coefficient (Wildman–Crippen LogP) is 4.94. The first-order valence-electron chi connectivity index (χ1n) is 5.57. The third kappa shape index (κ3) is 2.49. The van der Waals surface area contributed by atoms with Crippen LogP contribution in [0.2, 0.25) is 0 Å². The molecule has 0 radical (unpaired) electrons. The third-order valence-electron chi connectivity index (χ3n) is 3.01. The van der Waals surface area contributed by atoms with Gasteiger partial charge in [-0.1, -0.05) is 34.1 Å². The van der Waals surface area contributed by atoms with E-state index in [0.717, 1.165) is 28.8 Å². The van der Waals surface area contributed by atoms with Crippen LogP contribution in [0.15, 0.2) is 45.6 Å². The van der Waals surface area contributed by atoms with Crippen LogP contribution in [0.25, 0.3) is 0 Å². The van der Waals surface area contributed by atoms with E-state index in [9.17, 15) is 27.1 Å². The van der Waals surface area contributed by atoms with Gasteiger partial charge in [0, 0.05) is 15.6 Å². The lowest BCUT2D eigenvalue weighted by molar-refractivity contribution is -0.336. The summed E-state index contributed by atoms with van der Waals surface area (Å²) in [6.45, 7) is 0. The average Bonchev–Trinajstić information content (AvgIpc) is 2.91. The molecule has 1 atom stereocenters. The summed E-state index contributed by atoms with van der Waals surface area (Å²) in [6.07, 6.45) is -5.90. The van der Waals surface area contributed by atoms with Crippen LogP contribution in [0.1, 0.15) is 11.1 Å². The highest BCUT2D eigenvalue weighted by Gasteiger charge is 2.71. The molecule has 2 rings (SSSR count). The van der Waals surface area contributed by atoms with Crippen LogP contribution in [-0.4, -0.2) is 17.2 Å². The number of benzene rings is 1. The van der Waals surface area contributed by atoms with Crippen molar-refractivity contribution in [3.8, 4) is 0 Å². The molecule has 21 heavy (non-hydrogen) atoms. The zero-order valence-corrected chi connectivity index (χ0v) is 12.6. The summed E-state index contributed by atoms with van der Waals surface area (Å²) < 4.78 is 66.4. The fourth-order valence-corrected chi connectivity index (χ4v) is 3.21. The topological polar surface area (TPSA) is 20.2 Å². The minimum absolute atomic E-state index is 0.0392. The highest BCUT2D eigenvalue weighted by Crippen LogP contribution is 2.53. The van der Waals surface area contributed by atoms with Gasteiger partial charge < -0.3 is 5.11 Å². The lowest BCUT2D eigenvalue weighted by atomic mass is 9.82. The van der Waals surface area contributed by atoms with Gasteiger partial charge in [0.15, 0.2) is 5.60 Å². The van der Waals surface area contributed by atoms with Crippen molar-refractivity contribution in [3.05, 3.63) is 56.7 Å². The van der Waals surface area contributed by atoms with Gasteiger partial charge in [-0.3, -0.25) is 0 Å². The van der Waals surface area contributed by atoms with Crippen molar-refractivity contribution in [2.24, 2.45) is 0 Å². The molecule has 1 N–H and O–H groups in total. The van der Waals surface area contributed by atoms with E-state index >= 15 is 0 Å². The average molecular weight is 387 g/mol. The number of alkyl halides is 5. The zero-order valence-electron chi connectivity index (χ0n) is 10.2. The van der Waals surface area contributed by atoms with E-state index in [0.29, 0.717) is 0 Å². The van der Waals surface area contributed by atoms with Crippen molar-refractivity contribution in [1.29, 1.82) is 0 Å². The van der Waals surface area contributed by atoms with Crippen molar-refractivity contribution in [2.45, 2.75) is 17.7 Å². The van der Waals surface area contributed by atoms with E-state index in [1.54, 1.807) is 0 Å². The molecule has 1 heterocycles. The number of thiophene rings is 1. The van der Waals surface area contributed by atoms with Gasteiger partial charge in [0.05, 0.1) is 0 Å². The number of aliphatic hydroxyl groups is 1. The van der Waals surface area contributed by atoms with Crippen LogP contribution in [0.3, 0.4) is 0 Å². The standard InChI is InChI=1S/C13H8BrF5OS/c14-10-4-2-1-3-9(10)11(20,8-5-6-21-7-8)12(15,16)13(17,18)19/h1-7,20H. The van der Waals surface area contributed by atoms with Gasteiger partial charge in [0.25, 0.3) is 0 Å². The first-order chi connectivity index (χ1) is 9.62. The number of hydrogen-bond donors (Lipinski definition) is 1. The Morgan fingerprint density at radius 1 is 1.00 bits per heavy atom. The molecule has 1 nitrogen and oxygen atoms in total. The Morgan fingerprint density at radius 3 is 2.10 bits per heavy atom. The second kappa shape index (κ2) is 5.33. The minimum Gasteiger partial charge on any atom is -0.374 e. The van der Waals surface area contributed by atoms with Gasteiger partial charge in [0.2, 0.25) is 0 Å². The molecule has 0 fully saturated rings. The van der Waals surface area contributed by atoms with Gasteiger partial charge in [-0.05, 0) is 22.9 Å². The molecular weight excluding hydrogens is 379 g/mol. The zero-order chi connectivity index (χ0) is 15.9. The molecule has 0 bridgehead atoms. The van der Waals surface area contributed by atoms with Crippen LogP contribution in [-0.2, 0) is 5.60 Å². The predicted molar refractivity (Wildman–Crippen MR) is 72.5 cm³/mol. The summed E-state index contributed by atoms with van der Waals surface area (Å²) in [7, 11) is 0. The van der Waals surface area contributed by atoms with Crippen LogP contribution in [0.5, 0.6) is 0 Å². The van der Waals surface area contributed by atoms with Gasteiger partial charge in [-0.2, -0.15) is 33.3 Å². The highest BCUT2D eigenvalue weighted by atomic mass is 79.9. The summed E-state index contributed by atoms with van der Waals surface area (Å²) in [6, 6.07) is 6.10. The maximum atomic E-state index is 14.0. The third-order valence-corrected chi connectivity index (χ3v) is 4.39. The summed E-state index contributed by atoms with van der Waals surface area (Å²) in [4.78, 5) is 0. The second-order valence-corrected chi connectivity index (χ2v) is 5.91. The molecule has 114 valence electrons. The molecule has 1 aromatic heterocycles. The van der Waals surface area contributed by atoms with Crippen molar-refractivity contribution in [3.63, 3.8) is 0 Å². The van der Waals surface area contributed by atoms with Gasteiger partial charge in [-0.15, -0.1) is 0 Å². The molecule has 0 saturated carbocycles. The van der Waals surface area contributed by atoms with Gasteiger partial charge in [-0.25, -0.2) is 0 Å². The Morgan fingerprint density at radius 2 is 1.62 bits per heavy atom. The fraction of sp³-hybridized carbons (Fsp3) is 0.231.